The predicted molar refractivity (Wildman–Crippen MR) is 112 cm³/mol. The summed E-state index contributed by atoms with van der Waals surface area (Å²) in [6.07, 6.45) is 4.55. The van der Waals surface area contributed by atoms with Gasteiger partial charge in [0.25, 0.3) is 0 Å². The van der Waals surface area contributed by atoms with Gasteiger partial charge in [0.2, 0.25) is 0 Å². The number of rotatable bonds is 11. The number of nitrogens with one attached hydrogen (secondary N) is 2. The molecular weight excluding hydrogens is 433 g/mol. The van der Waals surface area contributed by atoms with Crippen molar-refractivity contribution in [2.75, 3.05) is 33.9 Å². The molecule has 0 heterocycles. The lowest BCUT2D eigenvalue weighted by atomic mass is 10.1. The van der Waals surface area contributed by atoms with Crippen LogP contribution in [0, 0.1) is 0 Å². The van der Waals surface area contributed by atoms with Gasteiger partial charge in [0, 0.05) is 20.0 Å². The monoisotopic (exact) mass is 463 g/mol. The summed E-state index contributed by atoms with van der Waals surface area (Å²) < 4.78 is 10.2. The third-order valence-electron chi connectivity index (χ3n) is 3.46. The standard InChI is InChI=1S/C18H29N3O3.HI/c1-19-18(20-13-9-4-3-8-12-17(22)23-2)21-14-15-24-16-10-6-5-7-11-16;/h5-7,10-11H,3-4,8-9,12-15H2,1-2H3,(H2,19,20,21);1H. The Balaban J connectivity index is 0.00000576. The summed E-state index contributed by atoms with van der Waals surface area (Å²) >= 11 is 0. The molecule has 25 heavy (non-hydrogen) atoms. The van der Waals surface area contributed by atoms with Crippen molar-refractivity contribution in [2.45, 2.75) is 32.1 Å². The number of hydrogen-bond donors (Lipinski definition) is 2. The van der Waals surface area contributed by atoms with Gasteiger partial charge < -0.3 is 20.1 Å². The molecule has 1 aromatic rings. The summed E-state index contributed by atoms with van der Waals surface area (Å²) in [6, 6.07) is 9.75. The van der Waals surface area contributed by atoms with Crippen molar-refractivity contribution in [1.29, 1.82) is 0 Å². The van der Waals surface area contributed by atoms with Crippen LogP contribution in [-0.4, -0.2) is 45.8 Å². The molecule has 0 aromatic heterocycles. The maximum absolute atomic E-state index is 11.0. The zero-order chi connectivity index (χ0) is 17.5. The topological polar surface area (TPSA) is 72.0 Å². The van der Waals surface area contributed by atoms with Gasteiger partial charge in [-0.2, -0.15) is 0 Å². The van der Waals surface area contributed by atoms with Crippen molar-refractivity contribution in [1.82, 2.24) is 10.6 Å². The Morgan fingerprint density at radius 2 is 1.72 bits per heavy atom. The summed E-state index contributed by atoms with van der Waals surface area (Å²) in [7, 11) is 3.18. The molecule has 1 rings (SSSR count). The van der Waals surface area contributed by atoms with Gasteiger partial charge in [0.1, 0.15) is 12.4 Å². The molecule has 0 saturated heterocycles. The largest absolute Gasteiger partial charge is 0.492 e. The molecular formula is C18H30IN3O3. The van der Waals surface area contributed by atoms with Gasteiger partial charge in [-0.15, -0.1) is 24.0 Å². The molecule has 0 saturated carbocycles. The van der Waals surface area contributed by atoms with Crippen LogP contribution in [0.3, 0.4) is 0 Å². The van der Waals surface area contributed by atoms with Gasteiger partial charge in [-0.05, 0) is 25.0 Å². The van der Waals surface area contributed by atoms with E-state index in [0.717, 1.165) is 43.9 Å². The van der Waals surface area contributed by atoms with Crippen molar-refractivity contribution < 1.29 is 14.3 Å². The highest BCUT2D eigenvalue weighted by molar-refractivity contribution is 14.0. The average Bonchev–Trinajstić information content (AvgIpc) is 2.63. The van der Waals surface area contributed by atoms with Crippen molar-refractivity contribution in [2.24, 2.45) is 4.99 Å². The van der Waals surface area contributed by atoms with Crippen LogP contribution in [0.25, 0.3) is 0 Å². The molecule has 0 spiro atoms. The molecule has 2 N–H and O–H groups in total. The van der Waals surface area contributed by atoms with Crippen LogP contribution < -0.4 is 15.4 Å². The molecule has 142 valence electrons. The van der Waals surface area contributed by atoms with E-state index >= 15 is 0 Å². The number of methoxy groups -OCH3 is 1. The number of unbranched alkanes of at least 4 members (excludes halogenated alkanes) is 3. The SMILES string of the molecule is CN=C(NCCCCCCC(=O)OC)NCCOc1ccccc1.I. The molecule has 0 bridgehead atoms. The lowest BCUT2D eigenvalue weighted by Crippen LogP contribution is -2.39. The first-order chi connectivity index (χ1) is 11.8. The molecule has 7 heteroatoms. The van der Waals surface area contributed by atoms with Crippen molar-refractivity contribution >= 4 is 35.9 Å². The van der Waals surface area contributed by atoms with Gasteiger partial charge in [-0.25, -0.2) is 0 Å². The number of carbonyl (C=O) groups excluding carboxylic acids is 1. The van der Waals surface area contributed by atoms with Crippen LogP contribution in [0.2, 0.25) is 0 Å². The van der Waals surface area contributed by atoms with Crippen molar-refractivity contribution in [3.8, 4) is 5.75 Å². The quantitative estimate of drug-likeness (QED) is 0.174. The summed E-state index contributed by atoms with van der Waals surface area (Å²) in [5.41, 5.74) is 0. The highest BCUT2D eigenvalue weighted by atomic mass is 127. The minimum absolute atomic E-state index is 0. The maximum Gasteiger partial charge on any atom is 0.305 e. The van der Waals surface area contributed by atoms with E-state index in [-0.39, 0.29) is 29.9 Å². The van der Waals surface area contributed by atoms with Gasteiger partial charge in [0.15, 0.2) is 5.96 Å². The summed E-state index contributed by atoms with van der Waals surface area (Å²) in [4.78, 5) is 15.2. The van der Waals surface area contributed by atoms with Crippen molar-refractivity contribution in [3.63, 3.8) is 0 Å². The Kier molecular flexibility index (Phi) is 15.0. The van der Waals surface area contributed by atoms with Crippen LogP contribution in [0.15, 0.2) is 35.3 Å². The Morgan fingerprint density at radius 1 is 1.04 bits per heavy atom. The number of nitrogens with zero attached hydrogens (tertiary/aromatic N) is 1. The third kappa shape index (κ3) is 12.5. The molecule has 0 fully saturated rings. The van der Waals surface area contributed by atoms with Gasteiger partial charge in [0.05, 0.1) is 13.7 Å². The van der Waals surface area contributed by atoms with Gasteiger partial charge in [-0.1, -0.05) is 31.0 Å². The normalized spacial score (nSPS) is 10.6. The number of esters is 1. The number of para-hydroxylation sites is 1. The van der Waals surface area contributed by atoms with E-state index in [4.69, 9.17) is 4.74 Å². The first-order valence-corrected chi connectivity index (χ1v) is 8.45. The molecule has 1 aromatic carbocycles. The number of benzene rings is 1. The zero-order valence-corrected chi connectivity index (χ0v) is 17.5. The molecule has 0 atom stereocenters. The van der Waals surface area contributed by atoms with E-state index in [1.54, 1.807) is 7.05 Å². The Labute approximate surface area is 167 Å². The lowest BCUT2D eigenvalue weighted by molar-refractivity contribution is -0.140. The summed E-state index contributed by atoms with van der Waals surface area (Å²) in [5, 5.41) is 6.49. The minimum atomic E-state index is -0.129. The Morgan fingerprint density at radius 3 is 2.40 bits per heavy atom. The second-order valence-electron chi connectivity index (χ2n) is 5.33. The lowest BCUT2D eigenvalue weighted by Gasteiger charge is -2.12. The van der Waals surface area contributed by atoms with E-state index in [9.17, 15) is 4.79 Å². The molecule has 0 amide bonds. The number of ether oxygens (including phenoxy) is 2. The molecule has 0 aliphatic heterocycles. The molecule has 0 aliphatic carbocycles. The van der Waals surface area contributed by atoms with Crippen molar-refractivity contribution in [3.05, 3.63) is 30.3 Å². The fraction of sp³-hybridized carbons (Fsp3) is 0.556. The van der Waals surface area contributed by atoms with E-state index < -0.39 is 0 Å². The Hall–Kier alpha value is -1.51. The van der Waals surface area contributed by atoms with E-state index in [1.165, 1.54) is 7.11 Å². The van der Waals surface area contributed by atoms with E-state index in [0.29, 0.717) is 19.6 Å². The van der Waals surface area contributed by atoms with E-state index in [2.05, 4.69) is 20.4 Å². The number of carbonyl (C=O) groups is 1. The molecule has 0 unspecified atom stereocenters. The highest BCUT2D eigenvalue weighted by Crippen LogP contribution is 2.07. The number of halogens is 1. The van der Waals surface area contributed by atoms with Gasteiger partial charge in [-0.3, -0.25) is 9.79 Å². The number of guanidine groups is 1. The second-order valence-corrected chi connectivity index (χ2v) is 5.33. The zero-order valence-electron chi connectivity index (χ0n) is 15.1. The van der Waals surface area contributed by atoms with Gasteiger partial charge >= 0.3 is 5.97 Å². The molecule has 6 nitrogen and oxygen atoms in total. The van der Waals surface area contributed by atoms with Crippen LogP contribution in [0.4, 0.5) is 0 Å². The fourth-order valence-corrected chi connectivity index (χ4v) is 2.13. The predicted octanol–water partition coefficient (Wildman–Crippen LogP) is 2.97. The average molecular weight is 463 g/mol. The fourth-order valence-electron chi connectivity index (χ4n) is 2.13. The number of hydrogen-bond acceptors (Lipinski definition) is 4. The maximum atomic E-state index is 11.0. The number of aliphatic imine (C=N–C) groups is 1. The highest BCUT2D eigenvalue weighted by Gasteiger charge is 2.00. The second kappa shape index (κ2) is 16.0. The van der Waals surface area contributed by atoms with Crippen LogP contribution in [-0.2, 0) is 9.53 Å². The smallest absolute Gasteiger partial charge is 0.305 e. The first kappa shape index (κ1) is 23.5. The van der Waals surface area contributed by atoms with Crippen LogP contribution in [0.5, 0.6) is 5.75 Å². The molecule has 0 radical (unpaired) electrons. The van der Waals surface area contributed by atoms with E-state index in [1.807, 2.05) is 30.3 Å². The minimum Gasteiger partial charge on any atom is -0.492 e. The van der Waals surface area contributed by atoms with Crippen LogP contribution in [0.1, 0.15) is 32.1 Å². The Bertz CT molecular complexity index is 484. The first-order valence-electron chi connectivity index (χ1n) is 8.45. The van der Waals surface area contributed by atoms with Crippen LogP contribution >= 0.6 is 24.0 Å². The summed E-state index contributed by atoms with van der Waals surface area (Å²) in [5.74, 6) is 1.52. The third-order valence-corrected chi connectivity index (χ3v) is 3.46. The molecule has 0 aliphatic rings. The summed E-state index contributed by atoms with van der Waals surface area (Å²) in [6.45, 7) is 2.13.